The van der Waals surface area contributed by atoms with Gasteiger partial charge in [0.05, 0.1) is 16.3 Å². The molecule has 0 bridgehead atoms. The first kappa shape index (κ1) is 33.5. The quantitative estimate of drug-likeness (QED) is 0.101. The lowest BCUT2D eigenvalue weighted by Crippen LogP contribution is -2.30. The highest BCUT2D eigenvalue weighted by Crippen LogP contribution is 2.38. The summed E-state index contributed by atoms with van der Waals surface area (Å²) >= 11 is 8.75. The molecule has 5 aromatic rings. The Bertz CT molecular complexity index is 1880. The zero-order valence-electron chi connectivity index (χ0n) is 24.3. The van der Waals surface area contributed by atoms with Gasteiger partial charge in [0.25, 0.3) is 11.8 Å². The molecule has 4 aromatic carbocycles. The third-order valence-electron chi connectivity index (χ3n) is 6.64. The van der Waals surface area contributed by atoms with Gasteiger partial charge in [-0.05, 0) is 88.6 Å². The van der Waals surface area contributed by atoms with Crippen LogP contribution in [0.5, 0.6) is 0 Å². The maximum Gasteiger partial charge on any atom is 0.416 e. The van der Waals surface area contributed by atoms with Crippen molar-refractivity contribution in [3.63, 3.8) is 0 Å². The van der Waals surface area contributed by atoms with Gasteiger partial charge >= 0.3 is 6.18 Å². The van der Waals surface area contributed by atoms with E-state index in [0.29, 0.717) is 21.7 Å². The van der Waals surface area contributed by atoms with Crippen molar-refractivity contribution in [1.29, 1.82) is 0 Å². The number of benzene rings is 4. The molecule has 1 heterocycles. The van der Waals surface area contributed by atoms with Crippen LogP contribution in [0.25, 0.3) is 6.08 Å². The molecule has 0 aliphatic heterocycles. The number of hydrogen-bond acceptors (Lipinski definition) is 5. The number of thiophene rings is 1. The SMILES string of the molecule is O=C(Nc1ccc(SC(C(=O)Nc2cc(C(F)(F)F)ccc2Cl)c2ccccc2)cc1)/C(=C/c1ccsc1)NC(=O)c1ccccc1. The molecule has 1 atom stereocenters. The Balaban J connectivity index is 1.32. The Morgan fingerprint density at radius 1 is 0.830 bits per heavy atom. The van der Waals surface area contributed by atoms with E-state index in [1.807, 2.05) is 16.8 Å². The molecular weight excluding hydrogens is 667 g/mol. The highest BCUT2D eigenvalue weighted by Gasteiger charge is 2.31. The van der Waals surface area contributed by atoms with E-state index < -0.39 is 34.7 Å². The predicted molar refractivity (Wildman–Crippen MR) is 181 cm³/mol. The molecule has 0 fully saturated rings. The second-order valence-electron chi connectivity index (χ2n) is 10.0. The van der Waals surface area contributed by atoms with Gasteiger partial charge in [-0.3, -0.25) is 14.4 Å². The molecule has 6 nitrogen and oxygen atoms in total. The molecule has 1 unspecified atom stereocenters. The summed E-state index contributed by atoms with van der Waals surface area (Å²) in [5.41, 5.74) is 1.14. The summed E-state index contributed by atoms with van der Waals surface area (Å²) in [6, 6.07) is 28.5. The van der Waals surface area contributed by atoms with E-state index in [9.17, 15) is 27.6 Å². The van der Waals surface area contributed by atoms with E-state index >= 15 is 0 Å². The minimum Gasteiger partial charge on any atom is -0.323 e. The fourth-order valence-electron chi connectivity index (χ4n) is 4.31. The summed E-state index contributed by atoms with van der Waals surface area (Å²) in [5.74, 6) is -1.55. The maximum atomic E-state index is 13.5. The van der Waals surface area contributed by atoms with E-state index in [1.54, 1.807) is 91.0 Å². The Morgan fingerprint density at radius 3 is 2.15 bits per heavy atom. The highest BCUT2D eigenvalue weighted by atomic mass is 35.5. The number of thioether (sulfide) groups is 1. The van der Waals surface area contributed by atoms with Crippen LogP contribution in [-0.4, -0.2) is 17.7 Å². The number of amides is 3. The van der Waals surface area contributed by atoms with E-state index in [-0.39, 0.29) is 16.4 Å². The van der Waals surface area contributed by atoms with Crippen molar-refractivity contribution >= 4 is 69.9 Å². The van der Waals surface area contributed by atoms with E-state index in [0.717, 1.165) is 23.8 Å². The summed E-state index contributed by atoms with van der Waals surface area (Å²) < 4.78 is 39.9. The van der Waals surface area contributed by atoms with Crippen molar-refractivity contribution in [2.45, 2.75) is 16.3 Å². The lowest BCUT2D eigenvalue weighted by atomic mass is 10.1. The molecule has 0 aliphatic carbocycles. The average molecular weight is 692 g/mol. The fourth-order valence-corrected chi connectivity index (χ4v) is 6.12. The third-order valence-corrected chi connectivity index (χ3v) is 8.94. The van der Waals surface area contributed by atoms with Crippen LogP contribution in [0, 0.1) is 0 Å². The zero-order chi connectivity index (χ0) is 33.4. The molecule has 5 rings (SSSR count). The van der Waals surface area contributed by atoms with Crippen molar-refractivity contribution in [1.82, 2.24) is 5.32 Å². The predicted octanol–water partition coefficient (Wildman–Crippen LogP) is 9.30. The lowest BCUT2D eigenvalue weighted by molar-refractivity contribution is -0.137. The molecule has 47 heavy (non-hydrogen) atoms. The number of rotatable bonds is 10. The van der Waals surface area contributed by atoms with Gasteiger partial charge in [-0.15, -0.1) is 11.8 Å². The Labute approximate surface area is 281 Å². The van der Waals surface area contributed by atoms with E-state index in [2.05, 4.69) is 16.0 Å². The lowest BCUT2D eigenvalue weighted by Gasteiger charge is -2.19. The van der Waals surface area contributed by atoms with Crippen LogP contribution in [0.2, 0.25) is 5.02 Å². The first-order valence-corrected chi connectivity index (χ1v) is 16.2. The molecule has 238 valence electrons. The summed E-state index contributed by atoms with van der Waals surface area (Å²) in [6.45, 7) is 0. The van der Waals surface area contributed by atoms with Gasteiger partial charge < -0.3 is 16.0 Å². The number of anilines is 2. The van der Waals surface area contributed by atoms with E-state index in [4.69, 9.17) is 11.6 Å². The Hall–Kier alpha value is -4.84. The van der Waals surface area contributed by atoms with Crippen LogP contribution >= 0.6 is 34.7 Å². The van der Waals surface area contributed by atoms with Crippen molar-refractivity contribution in [2.24, 2.45) is 0 Å². The summed E-state index contributed by atoms with van der Waals surface area (Å²) in [4.78, 5) is 40.2. The Kier molecular flexibility index (Phi) is 10.8. The van der Waals surface area contributed by atoms with Crippen LogP contribution in [0.4, 0.5) is 24.5 Å². The van der Waals surface area contributed by atoms with E-state index in [1.165, 1.54) is 23.1 Å². The van der Waals surface area contributed by atoms with Gasteiger partial charge in [0.2, 0.25) is 5.91 Å². The molecule has 3 N–H and O–H groups in total. The number of halogens is 4. The topological polar surface area (TPSA) is 87.3 Å². The standard InChI is InChI=1S/C35H25ClF3N3O3S2/c36-28-16-11-25(35(37,38)39)20-29(28)41-34(45)31(23-7-3-1-4-8-23)47-27-14-12-26(13-15-27)40-33(44)30(19-22-17-18-46-21-22)42-32(43)24-9-5-2-6-10-24/h1-21,31H,(H,40,44)(H,41,45)(H,42,43)/b30-19-. The van der Waals surface area contributed by atoms with Crippen LogP contribution in [-0.2, 0) is 15.8 Å². The van der Waals surface area contributed by atoms with Crippen molar-refractivity contribution in [3.8, 4) is 0 Å². The van der Waals surface area contributed by atoms with Crippen LogP contribution in [0.15, 0.2) is 131 Å². The van der Waals surface area contributed by atoms with Crippen LogP contribution < -0.4 is 16.0 Å². The van der Waals surface area contributed by atoms with Crippen LogP contribution in [0.3, 0.4) is 0 Å². The van der Waals surface area contributed by atoms with Gasteiger partial charge in [-0.1, -0.05) is 60.1 Å². The maximum absolute atomic E-state index is 13.5. The third kappa shape index (κ3) is 9.13. The van der Waals surface area contributed by atoms with Crippen molar-refractivity contribution < 1.29 is 27.6 Å². The minimum absolute atomic E-state index is 0.0318. The number of carbonyl (C=O) groups is 3. The van der Waals surface area contributed by atoms with Crippen LogP contribution in [0.1, 0.15) is 32.3 Å². The average Bonchev–Trinajstić information content (AvgIpc) is 3.58. The van der Waals surface area contributed by atoms with Gasteiger partial charge in [0.15, 0.2) is 0 Å². The monoisotopic (exact) mass is 691 g/mol. The molecule has 0 saturated carbocycles. The minimum atomic E-state index is -4.61. The molecule has 0 spiro atoms. The summed E-state index contributed by atoms with van der Waals surface area (Å²) in [7, 11) is 0. The fraction of sp³-hybridized carbons (Fsp3) is 0.0571. The normalized spacial score (nSPS) is 12.2. The Morgan fingerprint density at radius 2 is 1.51 bits per heavy atom. The van der Waals surface area contributed by atoms with Crippen molar-refractivity contribution in [2.75, 3.05) is 10.6 Å². The first-order chi connectivity index (χ1) is 22.6. The highest BCUT2D eigenvalue weighted by molar-refractivity contribution is 8.00. The number of hydrogen-bond donors (Lipinski definition) is 3. The molecule has 12 heteroatoms. The van der Waals surface area contributed by atoms with Gasteiger partial charge in [-0.2, -0.15) is 24.5 Å². The summed E-state index contributed by atoms with van der Waals surface area (Å²) in [6.07, 6.45) is -3.03. The number of alkyl halides is 3. The smallest absolute Gasteiger partial charge is 0.323 e. The number of carbonyl (C=O) groups excluding carboxylic acids is 3. The first-order valence-electron chi connectivity index (χ1n) is 14.0. The second-order valence-corrected chi connectivity index (χ2v) is 12.4. The molecular formula is C35H25ClF3N3O3S2. The van der Waals surface area contributed by atoms with Gasteiger partial charge in [0.1, 0.15) is 10.9 Å². The molecule has 0 radical (unpaired) electrons. The molecule has 3 amide bonds. The summed E-state index contributed by atoms with van der Waals surface area (Å²) in [5, 5.41) is 10.8. The van der Waals surface area contributed by atoms with Gasteiger partial charge in [0, 0.05) is 16.1 Å². The largest absolute Gasteiger partial charge is 0.416 e. The number of nitrogens with one attached hydrogen (secondary N) is 3. The zero-order valence-corrected chi connectivity index (χ0v) is 26.6. The molecule has 1 aromatic heterocycles. The van der Waals surface area contributed by atoms with Crippen molar-refractivity contribution in [3.05, 3.63) is 153 Å². The molecule has 0 saturated heterocycles. The van der Waals surface area contributed by atoms with Gasteiger partial charge in [-0.25, -0.2) is 0 Å². The molecule has 0 aliphatic rings. The second kappa shape index (κ2) is 15.2.